The third kappa shape index (κ3) is 6.19. The minimum absolute atomic E-state index is 0.0203. The van der Waals surface area contributed by atoms with Crippen LogP contribution in [0.1, 0.15) is 11.1 Å². The normalized spacial score (nSPS) is 11.4. The van der Waals surface area contributed by atoms with Crippen LogP contribution in [0.15, 0.2) is 104 Å². The number of aryl methyl sites for hydroxylation is 1. The van der Waals surface area contributed by atoms with Gasteiger partial charge in [0.1, 0.15) is 5.58 Å². The van der Waals surface area contributed by atoms with Gasteiger partial charge in [-0.05, 0) is 61.0 Å². The molecule has 45 heavy (non-hydrogen) atoms. The summed E-state index contributed by atoms with van der Waals surface area (Å²) < 4.78 is 13.6. The Labute approximate surface area is 268 Å². The lowest BCUT2D eigenvalue weighted by atomic mass is 10.2. The third-order valence-corrected chi connectivity index (χ3v) is 7.50. The highest BCUT2D eigenvalue weighted by Gasteiger charge is 2.23. The fourth-order valence-electron chi connectivity index (χ4n) is 4.66. The van der Waals surface area contributed by atoms with Crippen molar-refractivity contribution in [2.45, 2.75) is 6.92 Å². The maximum atomic E-state index is 13.7. The van der Waals surface area contributed by atoms with Crippen LogP contribution >= 0.6 is 27.5 Å². The zero-order valence-corrected chi connectivity index (χ0v) is 25.7. The molecule has 13 heteroatoms. The molecular formula is C32H21BrClN5O6. The molecule has 0 bridgehead atoms. The number of nitro groups is 1. The Morgan fingerprint density at radius 2 is 1.91 bits per heavy atom. The summed E-state index contributed by atoms with van der Waals surface area (Å²) in [5, 5.41) is 20.2. The lowest BCUT2D eigenvalue weighted by Crippen LogP contribution is -2.22. The second-order valence-electron chi connectivity index (χ2n) is 9.86. The number of para-hydroxylation sites is 2. The summed E-state index contributed by atoms with van der Waals surface area (Å²) in [4.78, 5) is 42.4. The number of ether oxygens (including phenoxy) is 1. The SMILES string of the molecule is Cc1ccccc1NC(=O)COc1c(C=Nn2c(-c3cc4cc(Br)ccc4o3)nc3ccccc3c2=O)cc(Cl)cc1[N+](=O)[O-]. The van der Waals surface area contributed by atoms with Gasteiger partial charge < -0.3 is 14.5 Å². The summed E-state index contributed by atoms with van der Waals surface area (Å²) in [7, 11) is 0. The first-order chi connectivity index (χ1) is 21.7. The first-order valence-corrected chi connectivity index (χ1v) is 14.6. The Morgan fingerprint density at radius 3 is 2.71 bits per heavy atom. The van der Waals surface area contributed by atoms with Crippen LogP contribution in [0, 0.1) is 17.0 Å². The van der Waals surface area contributed by atoms with Crippen molar-refractivity contribution in [1.29, 1.82) is 0 Å². The molecule has 0 saturated heterocycles. The maximum Gasteiger partial charge on any atom is 0.313 e. The first-order valence-electron chi connectivity index (χ1n) is 13.4. The van der Waals surface area contributed by atoms with Gasteiger partial charge in [-0.15, -0.1) is 0 Å². The molecule has 0 spiro atoms. The number of halogens is 2. The predicted octanol–water partition coefficient (Wildman–Crippen LogP) is 7.34. The van der Waals surface area contributed by atoms with Crippen molar-refractivity contribution in [3.63, 3.8) is 0 Å². The molecule has 2 aromatic heterocycles. The van der Waals surface area contributed by atoms with Crippen LogP contribution in [0.2, 0.25) is 5.02 Å². The number of fused-ring (bicyclic) bond motifs is 2. The Balaban J connectivity index is 1.42. The van der Waals surface area contributed by atoms with Crippen LogP contribution in [0.3, 0.4) is 0 Å². The molecule has 1 N–H and O–H groups in total. The lowest BCUT2D eigenvalue weighted by molar-refractivity contribution is -0.385. The molecule has 0 saturated carbocycles. The monoisotopic (exact) mass is 685 g/mol. The van der Waals surface area contributed by atoms with Crippen molar-refractivity contribution in [3.05, 3.63) is 126 Å². The van der Waals surface area contributed by atoms with Crippen LogP contribution in [-0.2, 0) is 4.79 Å². The Kier molecular flexibility index (Phi) is 8.16. The van der Waals surface area contributed by atoms with E-state index in [-0.39, 0.29) is 27.9 Å². The number of rotatable bonds is 8. The number of nitrogens with zero attached hydrogens (tertiary/aromatic N) is 4. The van der Waals surface area contributed by atoms with Gasteiger partial charge in [0.25, 0.3) is 11.5 Å². The second kappa shape index (κ2) is 12.3. The summed E-state index contributed by atoms with van der Waals surface area (Å²) in [6.45, 7) is 1.28. The largest absolute Gasteiger partial charge is 0.476 e. The smallest absolute Gasteiger partial charge is 0.313 e. The van der Waals surface area contributed by atoms with Crippen molar-refractivity contribution in [1.82, 2.24) is 9.66 Å². The summed E-state index contributed by atoms with van der Waals surface area (Å²) >= 11 is 9.67. The molecule has 11 nitrogen and oxygen atoms in total. The van der Waals surface area contributed by atoms with Gasteiger partial charge >= 0.3 is 5.69 Å². The van der Waals surface area contributed by atoms with Crippen LogP contribution in [0.4, 0.5) is 11.4 Å². The molecule has 6 rings (SSSR count). The van der Waals surface area contributed by atoms with E-state index in [0.29, 0.717) is 22.2 Å². The van der Waals surface area contributed by atoms with E-state index in [1.165, 1.54) is 12.3 Å². The molecule has 0 aliphatic rings. The number of nitro benzene ring substituents is 1. The van der Waals surface area contributed by atoms with E-state index in [4.69, 9.17) is 20.8 Å². The molecule has 1 amide bonds. The molecular weight excluding hydrogens is 666 g/mol. The quantitative estimate of drug-likeness (QED) is 0.100. The van der Waals surface area contributed by atoms with E-state index in [1.54, 1.807) is 48.5 Å². The average molecular weight is 687 g/mol. The molecule has 2 heterocycles. The first kappa shape index (κ1) is 29.7. The van der Waals surface area contributed by atoms with Crippen LogP contribution < -0.4 is 15.6 Å². The topological polar surface area (TPSA) is 142 Å². The molecule has 0 radical (unpaired) electrons. The summed E-state index contributed by atoms with van der Waals surface area (Å²) in [5.41, 5.74) is 1.46. The van der Waals surface area contributed by atoms with Gasteiger partial charge in [-0.25, -0.2) is 4.98 Å². The average Bonchev–Trinajstić information content (AvgIpc) is 3.44. The van der Waals surface area contributed by atoms with Gasteiger partial charge in [0.05, 0.1) is 22.0 Å². The fourth-order valence-corrected chi connectivity index (χ4v) is 5.26. The minimum atomic E-state index is -0.681. The van der Waals surface area contributed by atoms with Crippen molar-refractivity contribution in [2.24, 2.45) is 5.10 Å². The van der Waals surface area contributed by atoms with Crippen molar-refractivity contribution < 1.29 is 18.9 Å². The van der Waals surface area contributed by atoms with Crippen LogP contribution in [0.5, 0.6) is 5.75 Å². The van der Waals surface area contributed by atoms with E-state index < -0.39 is 28.7 Å². The number of furan rings is 1. The molecule has 0 aliphatic carbocycles. The predicted molar refractivity (Wildman–Crippen MR) is 175 cm³/mol. The highest BCUT2D eigenvalue weighted by atomic mass is 79.9. The summed E-state index contributed by atoms with van der Waals surface area (Å²) in [5.74, 6) is -0.432. The summed E-state index contributed by atoms with van der Waals surface area (Å²) in [6, 6.07) is 23.6. The van der Waals surface area contributed by atoms with Gasteiger partial charge in [0, 0.05) is 32.2 Å². The van der Waals surface area contributed by atoms with Gasteiger partial charge in [-0.3, -0.25) is 19.7 Å². The van der Waals surface area contributed by atoms with Crippen molar-refractivity contribution in [2.75, 3.05) is 11.9 Å². The summed E-state index contributed by atoms with van der Waals surface area (Å²) in [6.07, 6.45) is 1.19. The van der Waals surface area contributed by atoms with Crippen LogP contribution in [-0.4, -0.2) is 33.3 Å². The fraction of sp³-hybridized carbons (Fsp3) is 0.0625. The molecule has 0 aliphatic heterocycles. The molecule has 0 fully saturated rings. The highest BCUT2D eigenvalue weighted by Crippen LogP contribution is 2.34. The Morgan fingerprint density at radius 1 is 1.13 bits per heavy atom. The number of nitrogens with one attached hydrogen (secondary N) is 1. The standard InChI is InChI=1S/C32H21BrClN5O6/c1-18-6-2-4-8-24(18)36-29(40)17-44-30-20(13-22(34)15-26(30)39(42)43)16-35-38-31(37-25-9-5-3-7-23(25)32(38)41)28-14-19-12-21(33)10-11-27(19)45-28/h2-16H,17H2,1H3,(H,36,40). The Hall–Kier alpha value is -5.33. The van der Waals surface area contributed by atoms with E-state index in [9.17, 15) is 19.7 Å². The number of anilines is 1. The van der Waals surface area contributed by atoms with E-state index in [2.05, 4.69) is 31.3 Å². The molecule has 6 aromatic rings. The molecule has 4 aromatic carbocycles. The minimum Gasteiger partial charge on any atom is -0.476 e. The third-order valence-electron chi connectivity index (χ3n) is 6.79. The zero-order chi connectivity index (χ0) is 31.7. The second-order valence-corrected chi connectivity index (χ2v) is 11.2. The van der Waals surface area contributed by atoms with E-state index in [0.717, 1.165) is 26.2 Å². The molecule has 0 atom stereocenters. The number of amides is 1. The van der Waals surface area contributed by atoms with Crippen LogP contribution in [0.25, 0.3) is 33.5 Å². The Bertz CT molecular complexity index is 2230. The number of carbonyl (C=O) groups is 1. The van der Waals surface area contributed by atoms with E-state index in [1.807, 2.05) is 31.2 Å². The van der Waals surface area contributed by atoms with Gasteiger partial charge in [0.15, 0.2) is 12.4 Å². The number of carbonyl (C=O) groups excluding carboxylic acids is 1. The number of hydrogen-bond donors (Lipinski definition) is 1. The van der Waals surface area contributed by atoms with Crippen molar-refractivity contribution in [3.8, 4) is 17.3 Å². The highest BCUT2D eigenvalue weighted by molar-refractivity contribution is 9.10. The molecule has 224 valence electrons. The number of benzene rings is 4. The number of hydrogen-bond acceptors (Lipinski definition) is 8. The van der Waals surface area contributed by atoms with Gasteiger partial charge in [-0.2, -0.15) is 9.78 Å². The number of aromatic nitrogens is 2. The van der Waals surface area contributed by atoms with Gasteiger partial charge in [0.2, 0.25) is 11.6 Å². The zero-order valence-electron chi connectivity index (χ0n) is 23.4. The van der Waals surface area contributed by atoms with Gasteiger partial charge in [-0.1, -0.05) is 57.9 Å². The van der Waals surface area contributed by atoms with E-state index >= 15 is 0 Å². The maximum absolute atomic E-state index is 13.7. The lowest BCUT2D eigenvalue weighted by Gasteiger charge is -2.12. The molecule has 0 unspecified atom stereocenters. The van der Waals surface area contributed by atoms with Crippen molar-refractivity contribution >= 4 is 72.9 Å².